The molecule has 1 saturated heterocycles. The molecule has 0 aliphatic carbocycles. The molecule has 7 heteroatoms. The van der Waals surface area contributed by atoms with Gasteiger partial charge in [0.1, 0.15) is 5.67 Å². The van der Waals surface area contributed by atoms with Crippen molar-refractivity contribution in [1.82, 2.24) is 9.88 Å². The van der Waals surface area contributed by atoms with E-state index in [0.29, 0.717) is 0 Å². The zero-order valence-electron chi connectivity index (χ0n) is 10.4. The molecule has 1 N–H and O–H groups in total. The second-order valence-corrected chi connectivity index (χ2v) is 4.92. The number of amides is 1. The van der Waals surface area contributed by atoms with Crippen LogP contribution in [0.25, 0.3) is 0 Å². The first-order chi connectivity index (χ1) is 8.96. The van der Waals surface area contributed by atoms with Crippen LogP contribution in [0.1, 0.15) is 18.4 Å². The molecule has 19 heavy (non-hydrogen) atoms. The first-order valence-corrected chi connectivity index (χ1v) is 6.24. The molecule has 1 aliphatic rings. The molecule has 1 aliphatic heterocycles. The maximum absolute atomic E-state index is 14.8. The van der Waals surface area contributed by atoms with Crippen molar-refractivity contribution in [2.75, 3.05) is 20.2 Å². The highest BCUT2D eigenvalue weighted by Gasteiger charge is 2.39. The van der Waals surface area contributed by atoms with E-state index in [1.165, 1.54) is 24.3 Å². The van der Waals surface area contributed by atoms with Gasteiger partial charge >= 0.3 is 6.09 Å². The van der Waals surface area contributed by atoms with Gasteiger partial charge in [-0.25, -0.2) is 9.18 Å². The summed E-state index contributed by atoms with van der Waals surface area (Å²) in [5.41, 5.74) is -2.23. The fourth-order valence-electron chi connectivity index (χ4n) is 2.23. The molecule has 0 unspecified atom stereocenters. The lowest BCUT2D eigenvalue weighted by atomic mass is 9.87. The topological polar surface area (TPSA) is 62.4 Å². The number of alkyl halides is 1. The summed E-state index contributed by atoms with van der Waals surface area (Å²) in [5.74, 6) is 0. The second kappa shape index (κ2) is 5.21. The largest absolute Gasteiger partial charge is 0.453 e. The minimum Gasteiger partial charge on any atom is -0.453 e. The number of carbonyl (C=O) groups excluding carboxylic acids is 1. The van der Waals surface area contributed by atoms with Gasteiger partial charge in [0.15, 0.2) is 0 Å². The van der Waals surface area contributed by atoms with E-state index in [9.17, 15) is 14.0 Å². The van der Waals surface area contributed by atoms with Crippen molar-refractivity contribution >= 4 is 17.7 Å². The number of H-pyrrole nitrogens is 1. The summed E-state index contributed by atoms with van der Waals surface area (Å²) in [5, 5.41) is 0.280. The van der Waals surface area contributed by atoms with Gasteiger partial charge in [-0.15, -0.1) is 0 Å². The van der Waals surface area contributed by atoms with Crippen LogP contribution < -0.4 is 5.56 Å². The lowest BCUT2D eigenvalue weighted by molar-refractivity contribution is 0.0479. The number of pyridine rings is 1. The molecule has 1 aromatic heterocycles. The number of nitrogens with zero attached hydrogens (tertiary/aromatic N) is 1. The normalized spacial score (nSPS) is 18.2. The zero-order valence-corrected chi connectivity index (χ0v) is 11.2. The smallest absolute Gasteiger partial charge is 0.409 e. The Kier molecular flexibility index (Phi) is 3.80. The van der Waals surface area contributed by atoms with Gasteiger partial charge in [-0.05, 0) is 6.07 Å². The summed E-state index contributed by atoms with van der Waals surface area (Å²) >= 11 is 5.78. The first kappa shape index (κ1) is 13.9. The van der Waals surface area contributed by atoms with Gasteiger partial charge in [0.2, 0.25) is 0 Å². The minimum absolute atomic E-state index is 0.0181. The molecule has 2 rings (SSSR count). The number of ether oxygens (including phenoxy) is 1. The Hall–Kier alpha value is -1.56. The number of rotatable bonds is 1. The van der Waals surface area contributed by atoms with Gasteiger partial charge in [0.25, 0.3) is 5.56 Å². The summed E-state index contributed by atoms with van der Waals surface area (Å²) < 4.78 is 19.4. The highest BCUT2D eigenvalue weighted by molar-refractivity contribution is 6.30. The highest BCUT2D eigenvalue weighted by atomic mass is 35.5. The van der Waals surface area contributed by atoms with Gasteiger partial charge in [0, 0.05) is 32.1 Å². The quantitative estimate of drug-likeness (QED) is 0.860. The second-order valence-electron chi connectivity index (χ2n) is 4.48. The minimum atomic E-state index is -1.76. The molecule has 1 aromatic rings. The molecule has 0 spiro atoms. The third-order valence-corrected chi connectivity index (χ3v) is 3.56. The Labute approximate surface area is 114 Å². The molecule has 0 atom stereocenters. The molecule has 2 heterocycles. The number of nitrogens with one attached hydrogen (secondary N) is 1. The van der Waals surface area contributed by atoms with E-state index in [2.05, 4.69) is 9.72 Å². The molecule has 0 bridgehead atoms. The predicted octanol–water partition coefficient (Wildman–Crippen LogP) is 2.06. The van der Waals surface area contributed by atoms with Crippen molar-refractivity contribution in [2.45, 2.75) is 18.5 Å². The average molecular weight is 289 g/mol. The van der Waals surface area contributed by atoms with Crippen molar-refractivity contribution in [1.29, 1.82) is 0 Å². The van der Waals surface area contributed by atoms with Crippen LogP contribution in [0.4, 0.5) is 9.18 Å². The summed E-state index contributed by atoms with van der Waals surface area (Å²) in [6.45, 7) is 0.407. The van der Waals surface area contributed by atoms with E-state index in [4.69, 9.17) is 11.6 Å². The van der Waals surface area contributed by atoms with Crippen molar-refractivity contribution in [3.63, 3.8) is 0 Å². The maximum Gasteiger partial charge on any atom is 0.409 e. The van der Waals surface area contributed by atoms with Crippen LogP contribution in [0.15, 0.2) is 17.1 Å². The number of halogens is 2. The lowest BCUT2D eigenvalue weighted by Crippen LogP contribution is -2.45. The van der Waals surface area contributed by atoms with Crippen LogP contribution in [-0.4, -0.2) is 36.2 Å². The monoisotopic (exact) mass is 288 g/mol. The molecule has 0 radical (unpaired) electrons. The van der Waals surface area contributed by atoms with Gasteiger partial charge in [0.05, 0.1) is 17.7 Å². The van der Waals surface area contributed by atoms with Crippen molar-refractivity contribution in [2.24, 2.45) is 0 Å². The van der Waals surface area contributed by atoms with Crippen LogP contribution in [-0.2, 0) is 10.4 Å². The van der Waals surface area contributed by atoms with Crippen LogP contribution in [0.2, 0.25) is 5.02 Å². The fraction of sp³-hybridized carbons (Fsp3) is 0.500. The van der Waals surface area contributed by atoms with Crippen molar-refractivity contribution in [3.8, 4) is 0 Å². The number of piperidine rings is 1. The molecule has 5 nitrogen and oxygen atoms in total. The number of likely N-dealkylation sites (tertiary alicyclic amines) is 1. The molecular formula is C12H14ClFN2O3. The maximum atomic E-state index is 14.8. The molecule has 0 saturated carbocycles. The molecular weight excluding hydrogens is 275 g/mol. The standard InChI is InChI=1S/C12H14ClFN2O3/c1-19-11(18)16-4-2-12(14,3-5-16)9-6-8(13)7-15-10(9)17/h6-7H,2-5H2,1H3,(H,15,17). The van der Waals surface area contributed by atoms with E-state index in [0.717, 1.165) is 0 Å². The van der Waals surface area contributed by atoms with Crippen molar-refractivity contribution < 1.29 is 13.9 Å². The number of aromatic nitrogens is 1. The Morgan fingerprint density at radius 3 is 2.74 bits per heavy atom. The molecule has 0 aromatic carbocycles. The highest BCUT2D eigenvalue weighted by Crippen LogP contribution is 2.35. The zero-order chi connectivity index (χ0) is 14.0. The number of carbonyl (C=O) groups is 1. The Balaban J connectivity index is 2.20. The van der Waals surface area contributed by atoms with Crippen molar-refractivity contribution in [3.05, 3.63) is 33.2 Å². The van der Waals surface area contributed by atoms with Gasteiger partial charge in [-0.2, -0.15) is 0 Å². The van der Waals surface area contributed by atoms with Gasteiger partial charge in [-0.1, -0.05) is 11.6 Å². The van der Waals surface area contributed by atoms with Gasteiger partial charge in [-0.3, -0.25) is 4.79 Å². The summed E-state index contributed by atoms with van der Waals surface area (Å²) in [4.78, 5) is 26.8. The predicted molar refractivity (Wildman–Crippen MR) is 68.1 cm³/mol. The van der Waals surface area contributed by atoms with Crippen LogP contribution >= 0.6 is 11.6 Å². The Bertz CT molecular complexity index is 538. The van der Waals surface area contributed by atoms with Gasteiger partial charge < -0.3 is 14.6 Å². The average Bonchev–Trinajstić information content (AvgIpc) is 2.41. The lowest BCUT2D eigenvalue weighted by Gasteiger charge is -2.35. The Morgan fingerprint density at radius 1 is 1.53 bits per heavy atom. The summed E-state index contributed by atoms with van der Waals surface area (Å²) in [6.07, 6.45) is 0.930. The van der Waals surface area contributed by atoms with E-state index < -0.39 is 17.3 Å². The third kappa shape index (κ3) is 2.73. The molecule has 1 fully saturated rings. The van der Waals surface area contributed by atoms with E-state index in [-0.39, 0.29) is 36.5 Å². The van der Waals surface area contributed by atoms with Crippen LogP contribution in [0, 0.1) is 0 Å². The van der Waals surface area contributed by atoms with E-state index in [1.54, 1.807) is 0 Å². The first-order valence-electron chi connectivity index (χ1n) is 5.87. The number of hydrogen-bond donors (Lipinski definition) is 1. The number of methoxy groups -OCH3 is 1. The summed E-state index contributed by atoms with van der Waals surface area (Å²) in [6, 6.07) is 1.34. The van der Waals surface area contributed by atoms with Crippen LogP contribution in [0.3, 0.4) is 0 Å². The van der Waals surface area contributed by atoms with E-state index in [1.807, 2.05) is 0 Å². The van der Waals surface area contributed by atoms with E-state index >= 15 is 0 Å². The molecule has 104 valence electrons. The number of aromatic amines is 1. The third-order valence-electron chi connectivity index (χ3n) is 3.34. The summed E-state index contributed by atoms with van der Waals surface area (Å²) in [7, 11) is 1.28. The molecule has 1 amide bonds. The number of hydrogen-bond acceptors (Lipinski definition) is 3. The van der Waals surface area contributed by atoms with Crippen LogP contribution in [0.5, 0.6) is 0 Å². The Morgan fingerprint density at radius 2 is 2.16 bits per heavy atom. The fourth-order valence-corrected chi connectivity index (χ4v) is 2.40. The SMILES string of the molecule is COC(=O)N1CCC(F)(c2cc(Cl)c[nH]c2=O)CC1.